The molecule has 0 aromatic heterocycles. The molecule has 0 unspecified atom stereocenters. The van der Waals surface area contributed by atoms with Crippen molar-refractivity contribution in [1.29, 1.82) is 0 Å². The van der Waals surface area contributed by atoms with Crippen LogP contribution >= 0.6 is 10.8 Å². The molecule has 0 aromatic rings. The summed E-state index contributed by atoms with van der Waals surface area (Å²) in [4.78, 5) is 0. The second kappa shape index (κ2) is 3.89. The van der Waals surface area contributed by atoms with Gasteiger partial charge in [-0.05, 0) is 5.75 Å². The summed E-state index contributed by atoms with van der Waals surface area (Å²) < 4.78 is 9.93. The fourth-order valence-corrected chi connectivity index (χ4v) is 1.73. The fraction of sp³-hybridized carbons (Fsp3) is 1.00. The molecule has 0 fully saturated rings. The quantitative estimate of drug-likeness (QED) is 0.423. The Bertz CT molecular complexity index is 76.8. The van der Waals surface area contributed by atoms with Crippen LogP contribution < -0.4 is 0 Å². The molecule has 4 heteroatoms. The van der Waals surface area contributed by atoms with Gasteiger partial charge in [0.1, 0.15) is 0 Å². The summed E-state index contributed by atoms with van der Waals surface area (Å²) in [5, 5.41) is 0. The monoisotopic (exact) mass is 141 g/mol. The van der Waals surface area contributed by atoms with Gasteiger partial charge in [-0.25, -0.2) is 22.0 Å². The molecule has 0 N–H and O–H groups in total. The Morgan fingerprint density at radius 1 is 2.00 bits per heavy atom. The average Bonchev–Trinajstić information content (AvgIpc) is 1.35. The second-order valence-electron chi connectivity index (χ2n) is 0.611. The third-order valence-electron chi connectivity index (χ3n) is 0.214. The standard InChI is InChI=1S/C2H5OS3/c1-2-5-6(3)4/h2H2,1H3/q-1. The Kier molecular flexibility index (Phi) is 4.36. The molecule has 0 bridgehead atoms. The average molecular weight is 141 g/mol. The molecule has 0 saturated heterocycles. The van der Waals surface area contributed by atoms with Crippen LogP contribution in [0.3, 0.4) is 0 Å². The van der Waals surface area contributed by atoms with Crippen molar-refractivity contribution in [2.75, 3.05) is 5.75 Å². The molecule has 0 heterocycles. The molecule has 0 amide bonds. The highest BCUT2D eigenvalue weighted by Crippen LogP contribution is 1.96. The molecule has 0 saturated carbocycles. The van der Waals surface area contributed by atoms with Crippen LogP contribution in [0.25, 0.3) is 0 Å². The van der Waals surface area contributed by atoms with Crippen molar-refractivity contribution in [3.05, 3.63) is 0 Å². The van der Waals surface area contributed by atoms with Crippen LogP contribution in [0.2, 0.25) is 0 Å². The van der Waals surface area contributed by atoms with E-state index < -0.39 is 8.39 Å². The summed E-state index contributed by atoms with van der Waals surface area (Å²) in [5.74, 6) is 0.843. The van der Waals surface area contributed by atoms with Crippen LogP contribution in [-0.4, -0.2) is 5.75 Å². The van der Waals surface area contributed by atoms with Crippen molar-refractivity contribution < 1.29 is 4.21 Å². The maximum atomic E-state index is 9.93. The fourth-order valence-electron chi connectivity index (χ4n) is 0.0962. The van der Waals surface area contributed by atoms with Gasteiger partial charge < -0.3 is 4.21 Å². The van der Waals surface area contributed by atoms with E-state index in [1.165, 1.54) is 10.8 Å². The van der Waals surface area contributed by atoms with Crippen LogP contribution in [0.4, 0.5) is 0 Å². The van der Waals surface area contributed by atoms with Crippen LogP contribution in [-0.2, 0) is 23.8 Å². The van der Waals surface area contributed by atoms with Gasteiger partial charge >= 0.3 is 0 Å². The lowest BCUT2D eigenvalue weighted by Crippen LogP contribution is -1.60. The van der Waals surface area contributed by atoms with Crippen molar-refractivity contribution >= 4 is 30.4 Å². The third kappa shape index (κ3) is 4.72. The highest BCUT2D eigenvalue weighted by atomic mass is 33.3. The molecule has 0 aliphatic rings. The van der Waals surface area contributed by atoms with E-state index >= 15 is 0 Å². The largest absolute Gasteiger partial charge is 0.441 e. The first kappa shape index (κ1) is 6.72. The summed E-state index contributed by atoms with van der Waals surface area (Å²) >= 11 is 4.31. The molecule has 0 aliphatic carbocycles. The predicted molar refractivity (Wildman–Crippen MR) is 33.5 cm³/mol. The molecule has 0 aromatic carbocycles. The van der Waals surface area contributed by atoms with Crippen molar-refractivity contribution in [3.63, 3.8) is 0 Å². The van der Waals surface area contributed by atoms with E-state index in [2.05, 4.69) is 11.2 Å². The number of hydrogen-bond acceptors (Lipinski definition) is 4. The minimum absolute atomic E-state index is 0.843. The zero-order valence-corrected chi connectivity index (χ0v) is 5.79. The van der Waals surface area contributed by atoms with Gasteiger partial charge in [-0.1, -0.05) is 6.92 Å². The van der Waals surface area contributed by atoms with Crippen LogP contribution in [0.5, 0.6) is 0 Å². The lowest BCUT2D eigenvalue weighted by Gasteiger charge is -1.90. The SMILES string of the molecule is CCS[S-](=O)=S. The summed E-state index contributed by atoms with van der Waals surface area (Å²) in [6.45, 7) is 1.93. The van der Waals surface area contributed by atoms with Crippen LogP contribution in [0.1, 0.15) is 6.92 Å². The van der Waals surface area contributed by atoms with Crippen molar-refractivity contribution in [2.24, 2.45) is 0 Å². The lowest BCUT2D eigenvalue weighted by molar-refractivity contribution is 0.610. The van der Waals surface area contributed by atoms with Gasteiger partial charge in [0, 0.05) is 0 Å². The van der Waals surface area contributed by atoms with Gasteiger partial charge in [0.2, 0.25) is 0 Å². The maximum Gasteiger partial charge on any atom is -0.0276 e. The van der Waals surface area contributed by atoms with Crippen molar-refractivity contribution in [3.8, 4) is 0 Å². The predicted octanol–water partition coefficient (Wildman–Crippen LogP) is 1.08. The smallest absolute Gasteiger partial charge is 0.0276 e. The summed E-state index contributed by atoms with van der Waals surface area (Å²) in [7, 11) is 0.208. The van der Waals surface area contributed by atoms with E-state index in [1.54, 1.807) is 0 Å². The van der Waals surface area contributed by atoms with E-state index in [4.69, 9.17) is 0 Å². The van der Waals surface area contributed by atoms with Crippen molar-refractivity contribution in [1.82, 2.24) is 0 Å². The van der Waals surface area contributed by atoms with Gasteiger partial charge in [0.05, 0.1) is 0 Å². The van der Waals surface area contributed by atoms with Gasteiger partial charge in [0.15, 0.2) is 0 Å². The second-order valence-corrected chi connectivity index (χ2v) is 4.99. The van der Waals surface area contributed by atoms with E-state index in [0.717, 1.165) is 5.75 Å². The molecule has 6 heavy (non-hydrogen) atoms. The summed E-state index contributed by atoms with van der Waals surface area (Å²) in [5.41, 5.74) is 0. The Balaban J connectivity index is 3.07. The molecule has 0 radical (unpaired) electrons. The molecular weight excluding hydrogens is 136 g/mol. The topological polar surface area (TPSA) is 17.1 Å². The number of rotatable bonds is 2. The highest BCUT2D eigenvalue weighted by Gasteiger charge is 1.59. The molecule has 38 valence electrons. The van der Waals surface area contributed by atoms with Gasteiger partial charge in [-0.3, -0.25) is 0 Å². The Labute approximate surface area is 47.6 Å². The van der Waals surface area contributed by atoms with Crippen molar-refractivity contribution in [2.45, 2.75) is 6.92 Å². The zero-order valence-electron chi connectivity index (χ0n) is 3.34. The summed E-state index contributed by atoms with van der Waals surface area (Å²) in [6.07, 6.45) is 0. The van der Waals surface area contributed by atoms with Gasteiger partial charge in [-0.15, -0.1) is 0 Å². The zero-order chi connectivity index (χ0) is 4.99. The van der Waals surface area contributed by atoms with Crippen LogP contribution in [0.15, 0.2) is 0 Å². The Morgan fingerprint density at radius 3 is 2.50 bits per heavy atom. The molecule has 0 aliphatic heterocycles. The van der Waals surface area contributed by atoms with Crippen LogP contribution in [0, 0.1) is 0 Å². The molecular formula is C2H5OS3-. The van der Waals surface area contributed by atoms with E-state index in [0.29, 0.717) is 0 Å². The Morgan fingerprint density at radius 2 is 2.50 bits per heavy atom. The third-order valence-corrected chi connectivity index (χ3v) is 2.79. The van der Waals surface area contributed by atoms with E-state index in [9.17, 15) is 4.21 Å². The number of hydrogen-bond donors (Lipinski definition) is 0. The molecule has 0 atom stereocenters. The first-order valence-electron chi connectivity index (χ1n) is 1.50. The van der Waals surface area contributed by atoms with Gasteiger partial charge in [-0.2, -0.15) is 8.39 Å². The molecule has 0 spiro atoms. The first-order chi connectivity index (χ1) is 2.77. The van der Waals surface area contributed by atoms with E-state index in [-0.39, 0.29) is 0 Å². The first-order valence-corrected chi connectivity index (χ1v) is 5.07. The minimum Gasteiger partial charge on any atom is -0.441 e. The minimum atomic E-state index is -1.07. The van der Waals surface area contributed by atoms with E-state index in [1.807, 2.05) is 6.92 Å². The Hall–Kier alpha value is 0.720. The van der Waals surface area contributed by atoms with Gasteiger partial charge in [0.25, 0.3) is 0 Å². The molecule has 0 rings (SSSR count). The molecule has 1 nitrogen and oxygen atoms in total. The highest BCUT2D eigenvalue weighted by molar-refractivity contribution is 8.77. The maximum absolute atomic E-state index is 9.93. The normalized spacial score (nSPS) is 9.67. The lowest BCUT2D eigenvalue weighted by atomic mass is 11.0. The summed E-state index contributed by atoms with van der Waals surface area (Å²) in [6, 6.07) is 0.